The van der Waals surface area contributed by atoms with Gasteiger partial charge in [0.15, 0.2) is 5.15 Å². The molecule has 2 rings (SSSR count). The molecule has 0 aliphatic carbocycles. The molecule has 0 spiro atoms. The molecule has 0 saturated carbocycles. The molecule has 0 amide bonds. The van der Waals surface area contributed by atoms with Gasteiger partial charge in [-0.2, -0.15) is 0 Å². The van der Waals surface area contributed by atoms with Crippen LogP contribution in [0.15, 0.2) is 36.4 Å². The van der Waals surface area contributed by atoms with Gasteiger partial charge in [0, 0.05) is 5.56 Å². The topological polar surface area (TPSA) is 35.0 Å². The van der Waals surface area contributed by atoms with E-state index < -0.39 is 0 Å². The summed E-state index contributed by atoms with van der Waals surface area (Å²) in [7, 11) is 1.63. The van der Waals surface area contributed by atoms with Gasteiger partial charge in [-0.05, 0) is 42.3 Å². The lowest BCUT2D eigenvalue weighted by Crippen LogP contribution is -1.86. The van der Waals surface area contributed by atoms with Crippen molar-refractivity contribution in [2.24, 2.45) is 0 Å². The normalized spacial score (nSPS) is 9.29. The molecule has 4 heteroatoms. The summed E-state index contributed by atoms with van der Waals surface area (Å²) in [5, 5.41) is 7.92. The van der Waals surface area contributed by atoms with E-state index in [1.54, 1.807) is 19.2 Å². The van der Waals surface area contributed by atoms with Gasteiger partial charge in [0.25, 0.3) is 0 Å². The highest BCUT2D eigenvalue weighted by atomic mass is 35.5. The Morgan fingerprint density at radius 2 is 1.76 bits per heavy atom. The molecule has 0 bridgehead atoms. The number of ether oxygens (including phenoxy) is 1. The first kappa shape index (κ1) is 11.4. The molecular weight excluding hydrogens is 236 g/mol. The molecule has 17 heavy (non-hydrogen) atoms. The van der Waals surface area contributed by atoms with Crippen molar-refractivity contribution in [1.82, 2.24) is 10.2 Å². The van der Waals surface area contributed by atoms with Gasteiger partial charge in [-0.15, -0.1) is 10.2 Å². The third-order valence-corrected chi connectivity index (χ3v) is 2.26. The van der Waals surface area contributed by atoms with Gasteiger partial charge in [0.05, 0.1) is 7.11 Å². The van der Waals surface area contributed by atoms with Crippen molar-refractivity contribution in [3.63, 3.8) is 0 Å². The minimum atomic E-state index is 0.361. The largest absolute Gasteiger partial charge is 0.497 e. The highest BCUT2D eigenvalue weighted by molar-refractivity contribution is 6.29. The van der Waals surface area contributed by atoms with Crippen LogP contribution in [-0.2, 0) is 0 Å². The standard InChI is InChI=1S/C13H9ClN2O/c1-17-12-7-3-10(4-8-12)2-5-11-6-9-13(14)16-15-11/h3-4,6-9H,1H3. The second-order valence-corrected chi connectivity index (χ2v) is 3.61. The number of methoxy groups -OCH3 is 1. The smallest absolute Gasteiger partial charge is 0.151 e. The van der Waals surface area contributed by atoms with Gasteiger partial charge >= 0.3 is 0 Å². The summed E-state index contributed by atoms with van der Waals surface area (Å²) in [6, 6.07) is 10.9. The summed E-state index contributed by atoms with van der Waals surface area (Å²) in [6.45, 7) is 0. The van der Waals surface area contributed by atoms with E-state index in [4.69, 9.17) is 16.3 Å². The summed E-state index contributed by atoms with van der Waals surface area (Å²) in [5.74, 6) is 6.69. The van der Waals surface area contributed by atoms with Crippen LogP contribution in [0.1, 0.15) is 11.3 Å². The molecule has 0 aliphatic rings. The van der Waals surface area contributed by atoms with E-state index in [-0.39, 0.29) is 0 Å². The Hall–Kier alpha value is -2.05. The van der Waals surface area contributed by atoms with Crippen molar-refractivity contribution >= 4 is 11.6 Å². The molecule has 1 aromatic carbocycles. The van der Waals surface area contributed by atoms with Crippen molar-refractivity contribution in [2.45, 2.75) is 0 Å². The predicted molar refractivity (Wildman–Crippen MR) is 66.0 cm³/mol. The first-order chi connectivity index (χ1) is 8.28. The molecule has 0 saturated heterocycles. The molecule has 84 valence electrons. The zero-order valence-electron chi connectivity index (χ0n) is 9.14. The summed E-state index contributed by atoms with van der Waals surface area (Å²) < 4.78 is 5.06. The number of hydrogen-bond donors (Lipinski definition) is 0. The van der Waals surface area contributed by atoms with Crippen molar-refractivity contribution in [3.05, 3.63) is 52.8 Å². The van der Waals surface area contributed by atoms with E-state index in [9.17, 15) is 0 Å². The maximum Gasteiger partial charge on any atom is 0.151 e. The summed E-state index contributed by atoms with van der Waals surface area (Å²) in [6.07, 6.45) is 0. The number of halogens is 1. The number of hydrogen-bond acceptors (Lipinski definition) is 3. The van der Waals surface area contributed by atoms with Gasteiger partial charge in [-0.3, -0.25) is 0 Å². The molecule has 0 N–H and O–H groups in total. The van der Waals surface area contributed by atoms with Gasteiger partial charge in [0.1, 0.15) is 11.4 Å². The zero-order valence-corrected chi connectivity index (χ0v) is 9.90. The van der Waals surface area contributed by atoms with Crippen LogP contribution in [0.2, 0.25) is 5.15 Å². The Kier molecular flexibility index (Phi) is 3.59. The van der Waals surface area contributed by atoms with Crippen LogP contribution in [0.3, 0.4) is 0 Å². The number of benzene rings is 1. The third kappa shape index (κ3) is 3.20. The number of nitrogens with zero attached hydrogens (tertiary/aromatic N) is 2. The molecular formula is C13H9ClN2O. The second-order valence-electron chi connectivity index (χ2n) is 3.22. The van der Waals surface area contributed by atoms with Crippen LogP contribution >= 0.6 is 11.6 Å². The number of aromatic nitrogens is 2. The average molecular weight is 245 g/mol. The monoisotopic (exact) mass is 244 g/mol. The minimum Gasteiger partial charge on any atom is -0.497 e. The molecule has 1 heterocycles. The van der Waals surface area contributed by atoms with E-state index in [0.717, 1.165) is 11.3 Å². The molecule has 1 aromatic heterocycles. The summed E-state index contributed by atoms with van der Waals surface area (Å²) >= 11 is 5.63. The molecule has 3 nitrogen and oxygen atoms in total. The predicted octanol–water partition coefficient (Wildman–Crippen LogP) is 2.54. The maximum atomic E-state index is 5.63. The Labute approximate surface area is 104 Å². The van der Waals surface area contributed by atoms with Crippen LogP contribution in [0, 0.1) is 11.8 Å². The first-order valence-corrected chi connectivity index (χ1v) is 5.31. The van der Waals surface area contributed by atoms with E-state index in [2.05, 4.69) is 22.0 Å². The Bertz CT molecular complexity index is 553. The van der Waals surface area contributed by atoms with Crippen molar-refractivity contribution in [2.75, 3.05) is 7.11 Å². The average Bonchev–Trinajstić information content (AvgIpc) is 2.39. The Morgan fingerprint density at radius 1 is 1.00 bits per heavy atom. The van der Waals surface area contributed by atoms with Gasteiger partial charge in [0.2, 0.25) is 0 Å². The molecule has 2 aromatic rings. The van der Waals surface area contributed by atoms with Crippen LogP contribution < -0.4 is 4.74 Å². The van der Waals surface area contributed by atoms with Crippen molar-refractivity contribution in [3.8, 4) is 17.6 Å². The van der Waals surface area contributed by atoms with Crippen LogP contribution in [0.4, 0.5) is 0 Å². The lowest BCUT2D eigenvalue weighted by Gasteiger charge is -1.97. The van der Waals surface area contributed by atoms with Crippen LogP contribution in [0.25, 0.3) is 0 Å². The third-order valence-electron chi connectivity index (χ3n) is 2.06. The zero-order chi connectivity index (χ0) is 12.1. The minimum absolute atomic E-state index is 0.361. The number of rotatable bonds is 1. The van der Waals surface area contributed by atoms with Gasteiger partial charge in [-0.1, -0.05) is 17.5 Å². The SMILES string of the molecule is COc1ccc(C#Cc2ccc(Cl)nn2)cc1. The van der Waals surface area contributed by atoms with E-state index in [0.29, 0.717) is 10.8 Å². The highest BCUT2D eigenvalue weighted by Gasteiger charge is 1.92. The Morgan fingerprint density at radius 3 is 2.35 bits per heavy atom. The summed E-state index contributed by atoms with van der Waals surface area (Å²) in [5.41, 5.74) is 1.48. The van der Waals surface area contributed by atoms with Crippen molar-refractivity contribution < 1.29 is 4.74 Å². The fourth-order valence-electron chi connectivity index (χ4n) is 1.19. The fourth-order valence-corrected chi connectivity index (χ4v) is 1.29. The molecule has 0 aliphatic heterocycles. The quantitative estimate of drug-likeness (QED) is 0.723. The van der Waals surface area contributed by atoms with Gasteiger partial charge < -0.3 is 4.74 Å². The van der Waals surface area contributed by atoms with E-state index in [1.807, 2.05) is 24.3 Å². The summed E-state index contributed by atoms with van der Waals surface area (Å²) in [4.78, 5) is 0. The fraction of sp³-hybridized carbons (Fsp3) is 0.0769. The van der Waals surface area contributed by atoms with Gasteiger partial charge in [-0.25, -0.2) is 0 Å². The highest BCUT2D eigenvalue weighted by Crippen LogP contribution is 2.10. The molecule has 0 atom stereocenters. The van der Waals surface area contributed by atoms with E-state index in [1.165, 1.54) is 0 Å². The molecule has 0 radical (unpaired) electrons. The van der Waals surface area contributed by atoms with Crippen LogP contribution in [-0.4, -0.2) is 17.3 Å². The lowest BCUT2D eigenvalue weighted by atomic mass is 10.2. The first-order valence-electron chi connectivity index (χ1n) is 4.93. The second kappa shape index (κ2) is 5.33. The lowest BCUT2D eigenvalue weighted by molar-refractivity contribution is 0.415. The van der Waals surface area contributed by atoms with Crippen molar-refractivity contribution in [1.29, 1.82) is 0 Å². The van der Waals surface area contributed by atoms with Crippen LogP contribution in [0.5, 0.6) is 5.75 Å². The molecule has 0 fully saturated rings. The Balaban J connectivity index is 2.17. The molecule has 0 unspecified atom stereocenters. The van der Waals surface area contributed by atoms with E-state index >= 15 is 0 Å². The maximum absolute atomic E-state index is 5.63.